The second-order valence-corrected chi connectivity index (χ2v) is 7.38. The van der Waals surface area contributed by atoms with E-state index in [-0.39, 0.29) is 40.6 Å². The van der Waals surface area contributed by atoms with E-state index >= 15 is 0 Å². The van der Waals surface area contributed by atoms with Crippen LogP contribution in [0.2, 0.25) is 0 Å². The molecule has 1 aliphatic heterocycles. The number of nitro groups is 1. The van der Waals surface area contributed by atoms with Gasteiger partial charge in [0.25, 0.3) is 11.2 Å². The van der Waals surface area contributed by atoms with E-state index in [0.29, 0.717) is 6.54 Å². The van der Waals surface area contributed by atoms with Crippen LogP contribution in [0.5, 0.6) is 0 Å². The molecule has 1 aliphatic rings. The number of carbonyl (C=O) groups is 1. The van der Waals surface area contributed by atoms with Crippen LogP contribution in [0.4, 0.5) is 5.69 Å². The predicted molar refractivity (Wildman–Crippen MR) is 101 cm³/mol. The van der Waals surface area contributed by atoms with Crippen molar-refractivity contribution in [2.45, 2.75) is 25.4 Å². The molecule has 9 heteroatoms. The van der Waals surface area contributed by atoms with E-state index in [1.165, 1.54) is 29.1 Å². The van der Waals surface area contributed by atoms with Gasteiger partial charge in [-0.25, -0.2) is 4.98 Å². The molecule has 0 saturated carbocycles. The van der Waals surface area contributed by atoms with E-state index in [4.69, 9.17) is 0 Å². The summed E-state index contributed by atoms with van der Waals surface area (Å²) in [5.41, 5.74) is -0.260. The Morgan fingerprint density at radius 1 is 1.37 bits per heavy atom. The van der Waals surface area contributed by atoms with E-state index in [2.05, 4.69) is 4.98 Å². The van der Waals surface area contributed by atoms with E-state index < -0.39 is 4.92 Å². The van der Waals surface area contributed by atoms with Gasteiger partial charge in [-0.15, -0.1) is 11.3 Å². The SMILES string of the molecule is O=C(Cn1cnc2cc([N+](=O)[O-])ccc2c1=O)N1CCCC1c1cccs1. The highest BCUT2D eigenvalue weighted by Crippen LogP contribution is 2.34. The average molecular weight is 384 g/mol. The molecule has 1 amide bonds. The van der Waals surface area contributed by atoms with Crippen molar-refractivity contribution in [1.29, 1.82) is 0 Å². The van der Waals surface area contributed by atoms with Crippen molar-refractivity contribution in [1.82, 2.24) is 14.5 Å². The summed E-state index contributed by atoms with van der Waals surface area (Å²) in [6.07, 6.45) is 3.13. The fourth-order valence-electron chi connectivity index (χ4n) is 3.45. The first-order valence-corrected chi connectivity index (χ1v) is 9.39. The van der Waals surface area contributed by atoms with Crippen molar-refractivity contribution in [3.05, 3.63) is 67.4 Å². The molecule has 8 nitrogen and oxygen atoms in total. The zero-order chi connectivity index (χ0) is 19.0. The number of hydrogen-bond acceptors (Lipinski definition) is 6. The number of rotatable bonds is 4. The number of non-ortho nitro benzene ring substituents is 1. The molecule has 1 unspecified atom stereocenters. The topological polar surface area (TPSA) is 98.3 Å². The zero-order valence-electron chi connectivity index (χ0n) is 14.3. The van der Waals surface area contributed by atoms with Crippen LogP contribution in [-0.2, 0) is 11.3 Å². The molecule has 0 radical (unpaired) electrons. The lowest BCUT2D eigenvalue weighted by molar-refractivity contribution is -0.384. The smallest absolute Gasteiger partial charge is 0.271 e. The third-order valence-electron chi connectivity index (χ3n) is 4.77. The lowest BCUT2D eigenvalue weighted by Gasteiger charge is -2.24. The van der Waals surface area contributed by atoms with Crippen molar-refractivity contribution in [3.8, 4) is 0 Å². The van der Waals surface area contributed by atoms with Crippen LogP contribution >= 0.6 is 11.3 Å². The number of hydrogen-bond donors (Lipinski definition) is 0. The second-order valence-electron chi connectivity index (χ2n) is 6.40. The molecule has 1 aromatic carbocycles. The lowest BCUT2D eigenvalue weighted by Crippen LogP contribution is -2.36. The van der Waals surface area contributed by atoms with Gasteiger partial charge < -0.3 is 4.90 Å². The fourth-order valence-corrected chi connectivity index (χ4v) is 4.32. The van der Waals surface area contributed by atoms with Crippen LogP contribution in [-0.4, -0.2) is 31.8 Å². The first-order chi connectivity index (χ1) is 13.0. The number of nitrogens with zero attached hydrogens (tertiary/aromatic N) is 4. The summed E-state index contributed by atoms with van der Waals surface area (Å²) in [7, 11) is 0. The Kier molecular flexibility index (Phi) is 4.44. The summed E-state index contributed by atoms with van der Waals surface area (Å²) in [4.78, 5) is 42.9. The van der Waals surface area contributed by atoms with Gasteiger partial charge in [0, 0.05) is 23.6 Å². The zero-order valence-corrected chi connectivity index (χ0v) is 15.1. The predicted octanol–water partition coefficient (Wildman–Crippen LogP) is 2.73. The minimum absolute atomic E-state index is 0.0595. The summed E-state index contributed by atoms with van der Waals surface area (Å²) in [6.45, 7) is 0.573. The van der Waals surface area contributed by atoms with Gasteiger partial charge in [-0.2, -0.15) is 0 Å². The van der Waals surface area contributed by atoms with Crippen LogP contribution in [0.1, 0.15) is 23.8 Å². The summed E-state index contributed by atoms with van der Waals surface area (Å²) in [5.74, 6) is -0.129. The van der Waals surface area contributed by atoms with E-state index in [0.717, 1.165) is 17.7 Å². The molecule has 27 heavy (non-hydrogen) atoms. The molecule has 2 aromatic heterocycles. The normalized spacial score (nSPS) is 16.7. The Hall–Kier alpha value is -3.07. The van der Waals surface area contributed by atoms with E-state index in [9.17, 15) is 19.7 Å². The Bertz CT molecular complexity index is 1080. The summed E-state index contributed by atoms with van der Waals surface area (Å²) in [6, 6.07) is 7.97. The monoisotopic (exact) mass is 384 g/mol. The maximum Gasteiger partial charge on any atom is 0.271 e. The van der Waals surface area contributed by atoms with Crippen molar-refractivity contribution in [2.75, 3.05) is 6.54 Å². The highest BCUT2D eigenvalue weighted by molar-refractivity contribution is 7.10. The Morgan fingerprint density at radius 3 is 2.96 bits per heavy atom. The number of amides is 1. The minimum Gasteiger partial charge on any atom is -0.333 e. The van der Waals surface area contributed by atoms with Crippen LogP contribution in [0, 0.1) is 10.1 Å². The Balaban J connectivity index is 1.60. The highest BCUT2D eigenvalue weighted by atomic mass is 32.1. The maximum atomic E-state index is 12.8. The van der Waals surface area contributed by atoms with Crippen LogP contribution < -0.4 is 5.56 Å². The fraction of sp³-hybridized carbons (Fsp3) is 0.278. The van der Waals surface area contributed by atoms with Gasteiger partial charge in [0.05, 0.1) is 28.2 Å². The minimum atomic E-state index is -0.533. The number of fused-ring (bicyclic) bond motifs is 1. The number of thiophene rings is 1. The summed E-state index contributed by atoms with van der Waals surface area (Å²) < 4.78 is 1.26. The van der Waals surface area contributed by atoms with Gasteiger partial charge in [0.15, 0.2) is 0 Å². The lowest BCUT2D eigenvalue weighted by atomic mass is 10.2. The summed E-state index contributed by atoms with van der Waals surface area (Å²) in [5, 5.41) is 13.1. The molecule has 0 spiro atoms. The molecule has 1 saturated heterocycles. The van der Waals surface area contributed by atoms with Crippen molar-refractivity contribution < 1.29 is 9.72 Å². The van der Waals surface area contributed by atoms with Crippen molar-refractivity contribution in [2.24, 2.45) is 0 Å². The van der Waals surface area contributed by atoms with Crippen LogP contribution in [0.15, 0.2) is 46.8 Å². The summed E-state index contributed by atoms with van der Waals surface area (Å²) >= 11 is 1.63. The molecule has 3 aromatic rings. The highest BCUT2D eigenvalue weighted by Gasteiger charge is 2.30. The molecular formula is C18H16N4O4S. The molecule has 138 valence electrons. The number of benzene rings is 1. The molecule has 4 rings (SSSR count). The molecule has 0 aliphatic carbocycles. The molecular weight excluding hydrogens is 368 g/mol. The third-order valence-corrected chi connectivity index (χ3v) is 5.74. The third kappa shape index (κ3) is 3.21. The molecule has 3 heterocycles. The number of likely N-dealkylation sites (tertiary alicyclic amines) is 1. The van der Waals surface area contributed by atoms with Gasteiger partial charge in [0.1, 0.15) is 6.54 Å². The first-order valence-electron chi connectivity index (χ1n) is 8.51. The molecule has 1 atom stereocenters. The van der Waals surface area contributed by atoms with Gasteiger partial charge in [-0.1, -0.05) is 6.07 Å². The Morgan fingerprint density at radius 2 is 2.22 bits per heavy atom. The second kappa shape index (κ2) is 6.92. The molecule has 0 N–H and O–H groups in total. The number of nitro benzene ring substituents is 1. The van der Waals surface area contributed by atoms with Crippen LogP contribution in [0.3, 0.4) is 0 Å². The largest absolute Gasteiger partial charge is 0.333 e. The van der Waals surface area contributed by atoms with Gasteiger partial charge in [0.2, 0.25) is 5.91 Å². The molecule has 0 bridgehead atoms. The standard InChI is InChI=1S/C18H16N4O4S/c23-17(21-7-1-3-15(21)16-4-2-8-27-16)10-20-11-19-14-9-12(22(25)26)5-6-13(14)18(20)24/h2,4-6,8-9,11,15H,1,3,7,10H2. The average Bonchev–Trinajstić information content (AvgIpc) is 3.34. The number of aromatic nitrogens is 2. The van der Waals surface area contributed by atoms with Gasteiger partial charge in [-0.3, -0.25) is 24.3 Å². The first kappa shape index (κ1) is 17.3. The Labute approximate surface area is 157 Å². The van der Waals surface area contributed by atoms with Crippen molar-refractivity contribution in [3.63, 3.8) is 0 Å². The van der Waals surface area contributed by atoms with Crippen LogP contribution in [0.25, 0.3) is 10.9 Å². The van der Waals surface area contributed by atoms with Crippen molar-refractivity contribution >= 4 is 33.8 Å². The van der Waals surface area contributed by atoms with E-state index in [1.807, 2.05) is 22.4 Å². The van der Waals surface area contributed by atoms with Gasteiger partial charge in [-0.05, 0) is 30.4 Å². The maximum absolute atomic E-state index is 12.8. The molecule has 1 fully saturated rings. The van der Waals surface area contributed by atoms with E-state index in [1.54, 1.807) is 11.3 Å². The van der Waals surface area contributed by atoms with Gasteiger partial charge >= 0.3 is 0 Å². The number of carbonyl (C=O) groups excluding carboxylic acids is 1. The quantitative estimate of drug-likeness (QED) is 0.509.